The van der Waals surface area contributed by atoms with Gasteiger partial charge in [0.25, 0.3) is 0 Å². The molecule has 48 heavy (non-hydrogen) atoms. The Balaban J connectivity index is 0.00000116. The van der Waals surface area contributed by atoms with E-state index in [-0.39, 0.29) is 23.9 Å². The van der Waals surface area contributed by atoms with Gasteiger partial charge in [0, 0.05) is 26.4 Å². The average Bonchev–Trinajstić information content (AvgIpc) is 3.02. The van der Waals surface area contributed by atoms with Gasteiger partial charge >= 0.3 is 18.1 Å². The monoisotopic (exact) mass is 687 g/mol. The number of carboxylic acid groups (broad SMARTS) is 2. The third kappa shape index (κ3) is 13.8. The van der Waals surface area contributed by atoms with E-state index in [0.717, 1.165) is 65.1 Å². The van der Waals surface area contributed by atoms with Gasteiger partial charge < -0.3 is 14.9 Å². The number of nitrogens with zero attached hydrogens (tertiary/aromatic N) is 1. The maximum Gasteiger partial charge on any atom is 0.386 e. The molecule has 0 saturated heterocycles. The summed E-state index contributed by atoms with van der Waals surface area (Å²) in [5, 5.41) is 18.3. The van der Waals surface area contributed by atoms with Crippen molar-refractivity contribution in [3.63, 3.8) is 0 Å². The number of hydrogen-bond donors (Lipinski definition) is 2. The zero-order chi connectivity index (χ0) is 35.3. The molecule has 11 heteroatoms. The lowest BCUT2D eigenvalue weighted by atomic mass is 10.0. The topological polar surface area (TPSA) is 87.1 Å². The first-order chi connectivity index (χ1) is 22.7. The summed E-state index contributed by atoms with van der Waals surface area (Å²) < 4.78 is 50.9. The van der Waals surface area contributed by atoms with Crippen LogP contribution in [0.15, 0.2) is 84.9 Å². The smallest absolute Gasteiger partial charge is 0.386 e. The highest BCUT2D eigenvalue weighted by atomic mass is 35.5. The van der Waals surface area contributed by atoms with Crippen LogP contribution in [0.3, 0.4) is 0 Å². The number of aliphatic carboxylic acids is 1. The highest BCUT2D eigenvalue weighted by Crippen LogP contribution is 2.27. The summed E-state index contributed by atoms with van der Waals surface area (Å²) >= 11 is 5.94. The zero-order valence-electron chi connectivity index (χ0n) is 26.7. The van der Waals surface area contributed by atoms with Gasteiger partial charge in [-0.15, -0.1) is 0 Å². The lowest BCUT2D eigenvalue weighted by Gasteiger charge is -2.23. The van der Waals surface area contributed by atoms with Crippen molar-refractivity contribution in [2.75, 3.05) is 13.1 Å². The van der Waals surface area contributed by atoms with Crippen molar-refractivity contribution in [3.05, 3.63) is 124 Å². The molecule has 4 rings (SSSR count). The summed E-state index contributed by atoms with van der Waals surface area (Å²) in [7, 11) is 0. The molecule has 0 saturated carbocycles. The number of unbranched alkanes of at least 4 members (excludes halogenated alkanes) is 1. The van der Waals surface area contributed by atoms with Crippen LogP contribution in [0.4, 0.5) is 17.6 Å². The molecular formula is C37H38ClF4NO5. The molecule has 0 aromatic heterocycles. The molecule has 0 aliphatic carbocycles. The number of hydrogen-bond acceptors (Lipinski definition) is 4. The number of aryl methyl sites for hydroxylation is 1. The van der Waals surface area contributed by atoms with Gasteiger partial charge in [-0.3, -0.25) is 9.69 Å². The second-order valence-electron chi connectivity index (χ2n) is 11.4. The molecule has 0 bridgehead atoms. The van der Waals surface area contributed by atoms with Gasteiger partial charge in [0.15, 0.2) is 0 Å². The molecule has 4 aromatic rings. The first-order valence-corrected chi connectivity index (χ1v) is 15.7. The Morgan fingerprint density at radius 3 is 2.06 bits per heavy atom. The standard InChI is InChI=1S/C35H35ClFNO5.C2H3F3/c1-24-5-16-33(43-23-26-8-10-27(11-9-26)29-14-15-32(37)31(36)21-29)30(20-24)17-19-38(18-3-2-4-34(39)40)22-25-6-12-28(13-7-25)35(41)42;1-2(3,4)5/h5-16,20-21H,2-4,17-19,22-23H2,1H3,(H,39,40)(H,41,42);1H3. The Morgan fingerprint density at radius 2 is 1.46 bits per heavy atom. The van der Waals surface area contributed by atoms with Crippen molar-refractivity contribution in [2.45, 2.75) is 58.9 Å². The number of rotatable bonds is 15. The van der Waals surface area contributed by atoms with Gasteiger partial charge in [-0.25, -0.2) is 9.18 Å². The molecule has 2 N–H and O–H groups in total. The Morgan fingerprint density at radius 1 is 0.833 bits per heavy atom. The summed E-state index contributed by atoms with van der Waals surface area (Å²) in [6.07, 6.45) is -1.80. The van der Waals surface area contributed by atoms with E-state index in [1.165, 1.54) is 6.07 Å². The Labute approximate surface area is 282 Å². The molecule has 0 heterocycles. The van der Waals surface area contributed by atoms with Crippen LogP contribution in [0.5, 0.6) is 5.75 Å². The van der Waals surface area contributed by atoms with Crippen molar-refractivity contribution in [2.24, 2.45) is 0 Å². The Hall–Kier alpha value is -4.41. The third-order valence-electron chi connectivity index (χ3n) is 7.24. The van der Waals surface area contributed by atoms with E-state index in [1.54, 1.807) is 24.3 Å². The molecule has 4 aromatic carbocycles. The van der Waals surface area contributed by atoms with E-state index < -0.39 is 23.9 Å². The second kappa shape index (κ2) is 18.2. The Kier molecular flexibility index (Phi) is 14.4. The number of alkyl halides is 3. The highest BCUT2D eigenvalue weighted by Gasteiger charge is 2.16. The molecule has 0 fully saturated rings. The summed E-state index contributed by atoms with van der Waals surface area (Å²) in [4.78, 5) is 24.5. The molecule has 0 amide bonds. The molecule has 0 unspecified atom stereocenters. The molecule has 6 nitrogen and oxygen atoms in total. The molecule has 0 atom stereocenters. The van der Waals surface area contributed by atoms with Crippen molar-refractivity contribution in [1.82, 2.24) is 4.90 Å². The quantitative estimate of drug-likeness (QED) is 0.0956. The van der Waals surface area contributed by atoms with Crippen LogP contribution in [-0.2, 0) is 24.4 Å². The van der Waals surface area contributed by atoms with Crippen LogP contribution in [0, 0.1) is 12.7 Å². The van der Waals surface area contributed by atoms with Crippen LogP contribution in [0.25, 0.3) is 11.1 Å². The van der Waals surface area contributed by atoms with E-state index in [9.17, 15) is 32.3 Å². The van der Waals surface area contributed by atoms with E-state index in [2.05, 4.69) is 11.0 Å². The SMILES string of the molecule is CC(F)(F)F.Cc1ccc(OCc2ccc(-c3ccc(F)c(Cl)c3)cc2)c(CCN(CCCCC(=O)O)Cc2ccc(C(=O)O)cc2)c1. The summed E-state index contributed by atoms with van der Waals surface area (Å²) in [5.41, 5.74) is 6.21. The summed E-state index contributed by atoms with van der Waals surface area (Å²) in [6, 6.07) is 25.6. The van der Waals surface area contributed by atoms with Crippen molar-refractivity contribution >= 4 is 23.5 Å². The maximum atomic E-state index is 13.5. The lowest BCUT2D eigenvalue weighted by molar-refractivity contribution is -0.137. The van der Waals surface area contributed by atoms with E-state index >= 15 is 0 Å². The fourth-order valence-electron chi connectivity index (χ4n) is 4.85. The number of carboxylic acids is 2. The average molecular weight is 688 g/mol. The van der Waals surface area contributed by atoms with Gasteiger partial charge in [-0.1, -0.05) is 71.8 Å². The van der Waals surface area contributed by atoms with Gasteiger partial charge in [-0.05, 0) is 90.9 Å². The summed E-state index contributed by atoms with van der Waals surface area (Å²) in [6.45, 7) is 4.69. The zero-order valence-corrected chi connectivity index (χ0v) is 27.5. The minimum absolute atomic E-state index is 0.0896. The van der Waals surface area contributed by atoms with Gasteiger partial charge in [0.05, 0.1) is 10.6 Å². The van der Waals surface area contributed by atoms with Crippen molar-refractivity contribution in [3.8, 4) is 16.9 Å². The minimum Gasteiger partial charge on any atom is -0.489 e. The van der Waals surface area contributed by atoms with Crippen LogP contribution in [0.2, 0.25) is 5.02 Å². The molecule has 0 aliphatic heterocycles. The van der Waals surface area contributed by atoms with Gasteiger partial charge in [-0.2, -0.15) is 13.2 Å². The van der Waals surface area contributed by atoms with Crippen molar-refractivity contribution < 1.29 is 42.1 Å². The second-order valence-corrected chi connectivity index (χ2v) is 11.8. The predicted molar refractivity (Wildman–Crippen MR) is 178 cm³/mol. The van der Waals surface area contributed by atoms with Gasteiger partial charge in [0.2, 0.25) is 0 Å². The normalized spacial score (nSPS) is 11.2. The minimum atomic E-state index is -4.00. The molecular weight excluding hydrogens is 650 g/mol. The number of carbonyl (C=O) groups is 2. The van der Waals surface area contributed by atoms with E-state index in [1.807, 2.05) is 55.5 Å². The van der Waals surface area contributed by atoms with E-state index in [0.29, 0.717) is 19.6 Å². The first kappa shape index (κ1) is 38.0. The fraction of sp³-hybridized carbons (Fsp3) is 0.297. The number of ether oxygens (including phenoxy) is 1. The Bertz CT molecular complexity index is 1640. The third-order valence-corrected chi connectivity index (χ3v) is 7.53. The largest absolute Gasteiger partial charge is 0.489 e. The summed E-state index contributed by atoms with van der Waals surface area (Å²) in [5.74, 6) is -1.40. The molecule has 256 valence electrons. The van der Waals surface area contributed by atoms with E-state index in [4.69, 9.17) is 21.4 Å². The van der Waals surface area contributed by atoms with Crippen LogP contribution < -0.4 is 4.74 Å². The predicted octanol–water partition coefficient (Wildman–Crippen LogP) is 9.60. The molecule has 0 spiro atoms. The van der Waals surface area contributed by atoms with Crippen LogP contribution in [-0.4, -0.2) is 46.3 Å². The highest BCUT2D eigenvalue weighted by molar-refractivity contribution is 6.31. The molecule has 0 aliphatic rings. The van der Waals surface area contributed by atoms with Gasteiger partial charge in [0.1, 0.15) is 18.2 Å². The number of halogens is 5. The number of benzene rings is 4. The first-order valence-electron chi connectivity index (χ1n) is 15.3. The molecule has 0 radical (unpaired) electrons. The van der Waals surface area contributed by atoms with Crippen LogP contribution in [0.1, 0.15) is 58.8 Å². The fourth-order valence-corrected chi connectivity index (χ4v) is 5.03. The maximum absolute atomic E-state index is 13.5. The van der Waals surface area contributed by atoms with Crippen molar-refractivity contribution in [1.29, 1.82) is 0 Å². The lowest BCUT2D eigenvalue weighted by Crippen LogP contribution is -2.27. The van der Waals surface area contributed by atoms with Crippen LogP contribution >= 0.6 is 11.6 Å². The number of aromatic carboxylic acids is 1.